The van der Waals surface area contributed by atoms with Crippen LogP contribution < -0.4 is 5.32 Å². The van der Waals surface area contributed by atoms with Gasteiger partial charge in [0.2, 0.25) is 5.95 Å². The van der Waals surface area contributed by atoms with Crippen LogP contribution in [0.1, 0.15) is 42.1 Å². The molecule has 0 atom stereocenters. The van der Waals surface area contributed by atoms with Gasteiger partial charge in [0.15, 0.2) is 0 Å². The molecule has 0 aliphatic heterocycles. The smallest absolute Gasteiger partial charge is 0.223 e. The molecule has 1 fully saturated rings. The van der Waals surface area contributed by atoms with Crippen molar-refractivity contribution < 1.29 is 0 Å². The van der Waals surface area contributed by atoms with Crippen LogP contribution in [-0.2, 0) is 6.54 Å². The predicted molar refractivity (Wildman–Crippen MR) is 92.0 cm³/mol. The molecule has 0 radical (unpaired) electrons. The first-order chi connectivity index (χ1) is 11.8. The number of aromatic nitrogens is 5. The third-order valence-electron chi connectivity index (χ3n) is 4.47. The lowest BCUT2D eigenvalue weighted by Gasteiger charge is -2.25. The average Bonchev–Trinajstić information content (AvgIpc) is 3.06. The van der Waals surface area contributed by atoms with Crippen LogP contribution in [0.3, 0.4) is 0 Å². The van der Waals surface area contributed by atoms with Gasteiger partial charge in [0.1, 0.15) is 12.7 Å². The van der Waals surface area contributed by atoms with E-state index in [-0.39, 0.29) is 0 Å². The number of rotatable bonds is 5. The Morgan fingerprint density at radius 2 is 2.00 bits per heavy atom. The van der Waals surface area contributed by atoms with Gasteiger partial charge in [-0.15, -0.1) is 0 Å². The Labute approximate surface area is 141 Å². The number of benzene rings is 1. The molecule has 4 rings (SSSR count). The summed E-state index contributed by atoms with van der Waals surface area (Å²) in [6, 6.07) is 10.3. The molecule has 24 heavy (non-hydrogen) atoms. The highest BCUT2D eigenvalue weighted by molar-refractivity contribution is 5.36. The molecule has 2 aromatic heterocycles. The molecule has 1 aliphatic rings. The molecular formula is C18H20N6. The van der Waals surface area contributed by atoms with Gasteiger partial charge in [-0.3, -0.25) is 0 Å². The average molecular weight is 320 g/mol. The molecule has 0 bridgehead atoms. The van der Waals surface area contributed by atoms with Crippen molar-refractivity contribution in [2.24, 2.45) is 0 Å². The monoisotopic (exact) mass is 320 g/mol. The third-order valence-corrected chi connectivity index (χ3v) is 4.47. The van der Waals surface area contributed by atoms with Gasteiger partial charge < -0.3 is 5.32 Å². The first kappa shape index (κ1) is 14.8. The minimum atomic E-state index is 0.620. The van der Waals surface area contributed by atoms with Crippen molar-refractivity contribution in [2.45, 2.75) is 38.6 Å². The maximum atomic E-state index is 4.68. The van der Waals surface area contributed by atoms with E-state index in [2.05, 4.69) is 43.6 Å². The van der Waals surface area contributed by atoms with E-state index in [0.29, 0.717) is 12.5 Å². The second kappa shape index (κ2) is 6.39. The highest BCUT2D eigenvalue weighted by atomic mass is 15.3. The van der Waals surface area contributed by atoms with Crippen molar-refractivity contribution in [2.75, 3.05) is 5.32 Å². The maximum absolute atomic E-state index is 4.68. The van der Waals surface area contributed by atoms with E-state index >= 15 is 0 Å². The zero-order valence-corrected chi connectivity index (χ0v) is 13.7. The Morgan fingerprint density at radius 3 is 2.67 bits per heavy atom. The van der Waals surface area contributed by atoms with E-state index < -0.39 is 0 Å². The number of nitrogens with zero attached hydrogens (tertiary/aromatic N) is 5. The molecule has 6 nitrogen and oxygen atoms in total. The number of hydrogen-bond donors (Lipinski definition) is 1. The predicted octanol–water partition coefficient (Wildman–Crippen LogP) is 3.25. The number of aryl methyl sites for hydroxylation is 1. The van der Waals surface area contributed by atoms with Crippen molar-refractivity contribution >= 4 is 5.95 Å². The summed E-state index contributed by atoms with van der Waals surface area (Å²) in [5, 5.41) is 7.47. The van der Waals surface area contributed by atoms with Gasteiger partial charge in [0, 0.05) is 23.9 Å². The summed E-state index contributed by atoms with van der Waals surface area (Å²) in [6.45, 7) is 2.73. The molecule has 0 unspecified atom stereocenters. The molecule has 6 heteroatoms. The van der Waals surface area contributed by atoms with Crippen molar-refractivity contribution in [1.82, 2.24) is 24.7 Å². The summed E-state index contributed by atoms with van der Waals surface area (Å²) in [6.07, 6.45) is 7.04. The SMILES string of the molecule is Cc1cc(C2CCC2)nc(NCc2ccc(-n3cncn3)cc2)n1. The lowest BCUT2D eigenvalue weighted by atomic mass is 9.83. The van der Waals surface area contributed by atoms with E-state index in [4.69, 9.17) is 0 Å². The second-order valence-electron chi connectivity index (χ2n) is 6.25. The van der Waals surface area contributed by atoms with Gasteiger partial charge in [-0.2, -0.15) is 5.10 Å². The van der Waals surface area contributed by atoms with Crippen molar-refractivity contribution in [1.29, 1.82) is 0 Å². The zero-order valence-electron chi connectivity index (χ0n) is 13.7. The Hall–Kier alpha value is -2.76. The van der Waals surface area contributed by atoms with Gasteiger partial charge in [0.05, 0.1) is 5.69 Å². The topological polar surface area (TPSA) is 68.5 Å². The molecule has 3 aromatic rings. The minimum Gasteiger partial charge on any atom is -0.350 e. The van der Waals surface area contributed by atoms with Crippen LogP contribution in [0.5, 0.6) is 0 Å². The minimum absolute atomic E-state index is 0.620. The zero-order chi connectivity index (χ0) is 16.4. The molecule has 0 amide bonds. The van der Waals surface area contributed by atoms with Crippen molar-refractivity contribution in [3.63, 3.8) is 0 Å². The fraction of sp³-hybridized carbons (Fsp3) is 0.333. The van der Waals surface area contributed by atoms with Gasteiger partial charge in [-0.05, 0) is 43.5 Å². The van der Waals surface area contributed by atoms with E-state index in [9.17, 15) is 0 Å². The molecule has 0 saturated heterocycles. The molecular weight excluding hydrogens is 300 g/mol. The number of anilines is 1. The van der Waals surface area contributed by atoms with Crippen LogP contribution >= 0.6 is 0 Å². The first-order valence-corrected chi connectivity index (χ1v) is 8.31. The quantitative estimate of drug-likeness (QED) is 0.781. The van der Waals surface area contributed by atoms with Crippen molar-refractivity contribution in [3.8, 4) is 5.69 Å². The molecule has 122 valence electrons. The summed E-state index contributed by atoms with van der Waals surface area (Å²) in [5.41, 5.74) is 4.37. The summed E-state index contributed by atoms with van der Waals surface area (Å²) in [7, 11) is 0. The van der Waals surface area contributed by atoms with Crippen LogP contribution in [-0.4, -0.2) is 24.7 Å². The van der Waals surface area contributed by atoms with Crippen LogP contribution in [0.25, 0.3) is 5.69 Å². The first-order valence-electron chi connectivity index (χ1n) is 8.31. The standard InChI is InChI=1S/C18H20N6/c1-13-9-17(15-3-2-4-15)23-18(22-13)20-10-14-5-7-16(8-6-14)24-12-19-11-21-24/h5-9,11-12,15H,2-4,10H2,1H3,(H,20,22,23). The van der Waals surface area contributed by atoms with Crippen LogP contribution in [0.15, 0.2) is 43.0 Å². The maximum Gasteiger partial charge on any atom is 0.223 e. The summed E-state index contributed by atoms with van der Waals surface area (Å²) < 4.78 is 1.74. The molecule has 1 aliphatic carbocycles. The fourth-order valence-corrected chi connectivity index (χ4v) is 2.87. The lowest BCUT2D eigenvalue weighted by Crippen LogP contribution is -2.13. The second-order valence-corrected chi connectivity index (χ2v) is 6.25. The molecule has 2 heterocycles. The van der Waals surface area contributed by atoms with E-state index in [0.717, 1.165) is 17.3 Å². The summed E-state index contributed by atoms with van der Waals surface area (Å²) in [5.74, 6) is 1.34. The van der Waals surface area contributed by atoms with E-state index in [1.165, 1.54) is 36.8 Å². The third kappa shape index (κ3) is 3.13. The fourth-order valence-electron chi connectivity index (χ4n) is 2.87. The largest absolute Gasteiger partial charge is 0.350 e. The molecule has 1 aromatic carbocycles. The highest BCUT2D eigenvalue weighted by Crippen LogP contribution is 2.35. The Balaban J connectivity index is 1.44. The van der Waals surface area contributed by atoms with Crippen LogP contribution in [0.2, 0.25) is 0 Å². The number of nitrogens with one attached hydrogen (secondary N) is 1. The lowest BCUT2D eigenvalue weighted by molar-refractivity contribution is 0.410. The highest BCUT2D eigenvalue weighted by Gasteiger charge is 2.21. The van der Waals surface area contributed by atoms with Crippen LogP contribution in [0, 0.1) is 6.92 Å². The van der Waals surface area contributed by atoms with Crippen LogP contribution in [0.4, 0.5) is 5.95 Å². The van der Waals surface area contributed by atoms with E-state index in [1.807, 2.05) is 19.1 Å². The van der Waals surface area contributed by atoms with Gasteiger partial charge in [0.25, 0.3) is 0 Å². The normalized spacial score (nSPS) is 14.4. The Kier molecular flexibility index (Phi) is 3.94. The summed E-state index contributed by atoms with van der Waals surface area (Å²) in [4.78, 5) is 13.1. The molecule has 0 spiro atoms. The number of hydrogen-bond acceptors (Lipinski definition) is 5. The van der Waals surface area contributed by atoms with Gasteiger partial charge in [-0.1, -0.05) is 18.6 Å². The molecule has 1 saturated carbocycles. The Bertz CT molecular complexity index is 806. The van der Waals surface area contributed by atoms with Gasteiger partial charge in [-0.25, -0.2) is 19.6 Å². The van der Waals surface area contributed by atoms with E-state index in [1.54, 1.807) is 11.0 Å². The Morgan fingerprint density at radius 1 is 1.17 bits per heavy atom. The van der Waals surface area contributed by atoms with Crippen molar-refractivity contribution in [3.05, 3.63) is 59.9 Å². The van der Waals surface area contributed by atoms with Gasteiger partial charge >= 0.3 is 0 Å². The summed E-state index contributed by atoms with van der Waals surface area (Å²) >= 11 is 0. The molecule has 1 N–H and O–H groups in total.